The van der Waals surface area contributed by atoms with Crippen LogP contribution in [-0.4, -0.2) is 38.3 Å². The van der Waals surface area contributed by atoms with Crippen molar-refractivity contribution in [2.75, 3.05) is 4.90 Å². The SMILES string of the molecule is CCc1nc(-c2cncc(F)c2)cnc1N(C(=O)OC(C)(C)C)C(=O)OC(C)(C)C. The molecule has 0 aliphatic rings. The Hall–Kier alpha value is -3.10. The van der Waals surface area contributed by atoms with Crippen molar-refractivity contribution >= 4 is 18.0 Å². The fraction of sp³-hybridized carbons (Fsp3) is 0.476. The van der Waals surface area contributed by atoms with Gasteiger partial charge in [0.05, 0.1) is 23.8 Å². The van der Waals surface area contributed by atoms with Crippen molar-refractivity contribution in [1.29, 1.82) is 0 Å². The third kappa shape index (κ3) is 6.20. The van der Waals surface area contributed by atoms with Crippen molar-refractivity contribution in [2.45, 2.75) is 66.1 Å². The number of carbonyl (C=O) groups is 2. The van der Waals surface area contributed by atoms with Crippen molar-refractivity contribution < 1.29 is 23.5 Å². The predicted octanol–water partition coefficient (Wildman–Crippen LogP) is 4.92. The maximum absolute atomic E-state index is 13.5. The highest BCUT2D eigenvalue weighted by Gasteiger charge is 2.35. The first kappa shape index (κ1) is 23.2. The van der Waals surface area contributed by atoms with Crippen molar-refractivity contribution in [3.05, 3.63) is 36.2 Å². The molecule has 0 atom stereocenters. The number of anilines is 1. The molecule has 0 aliphatic heterocycles. The van der Waals surface area contributed by atoms with Gasteiger partial charge >= 0.3 is 12.2 Å². The topological polar surface area (TPSA) is 94.5 Å². The zero-order valence-electron chi connectivity index (χ0n) is 18.3. The molecule has 2 amide bonds. The standard InChI is InChI=1S/C21H27FN4O4/c1-8-15-17(24-12-16(25-15)13-9-14(22)11-23-10-13)26(18(27)29-20(2,3)4)19(28)30-21(5,6)7/h9-12H,8H2,1-7H3. The molecule has 0 spiro atoms. The molecule has 9 heteroatoms. The van der Waals surface area contributed by atoms with E-state index in [0.29, 0.717) is 23.4 Å². The van der Waals surface area contributed by atoms with Gasteiger partial charge in [0.1, 0.15) is 17.0 Å². The summed E-state index contributed by atoms with van der Waals surface area (Å²) >= 11 is 0. The lowest BCUT2D eigenvalue weighted by Gasteiger charge is -2.28. The Labute approximate surface area is 175 Å². The van der Waals surface area contributed by atoms with E-state index in [9.17, 15) is 14.0 Å². The number of carbonyl (C=O) groups excluding carboxylic acids is 2. The summed E-state index contributed by atoms with van der Waals surface area (Å²) in [6.45, 7) is 11.9. The average Bonchev–Trinajstić information content (AvgIpc) is 2.59. The molecule has 0 fully saturated rings. The molecule has 2 aromatic rings. The van der Waals surface area contributed by atoms with Crippen LogP contribution in [0.15, 0.2) is 24.7 Å². The van der Waals surface area contributed by atoms with Gasteiger partial charge in [-0.3, -0.25) is 4.98 Å². The summed E-state index contributed by atoms with van der Waals surface area (Å²) in [4.78, 5) is 38.9. The molecule has 0 bridgehead atoms. The summed E-state index contributed by atoms with van der Waals surface area (Å²) in [5.74, 6) is -0.519. The van der Waals surface area contributed by atoms with Crippen molar-refractivity contribution in [3.63, 3.8) is 0 Å². The molecule has 0 aliphatic carbocycles. The molecule has 0 radical (unpaired) electrons. The number of nitrogens with zero attached hydrogens (tertiary/aromatic N) is 4. The van der Waals surface area contributed by atoms with Crippen LogP contribution in [0.2, 0.25) is 0 Å². The highest BCUT2D eigenvalue weighted by atomic mass is 19.1. The van der Waals surface area contributed by atoms with Gasteiger partial charge in [0.2, 0.25) is 0 Å². The number of imide groups is 1. The second kappa shape index (κ2) is 8.73. The zero-order chi connectivity index (χ0) is 22.7. The summed E-state index contributed by atoms with van der Waals surface area (Å²) in [5, 5.41) is 0. The van der Waals surface area contributed by atoms with Gasteiger partial charge in [0, 0.05) is 11.8 Å². The van der Waals surface area contributed by atoms with Gasteiger partial charge in [0.25, 0.3) is 0 Å². The Bertz CT molecular complexity index is 907. The summed E-state index contributed by atoms with van der Waals surface area (Å²) in [6, 6.07) is 1.27. The molecule has 0 aromatic carbocycles. The number of aromatic nitrogens is 3. The van der Waals surface area contributed by atoms with Crippen LogP contribution in [0.4, 0.5) is 19.8 Å². The smallest absolute Gasteiger partial charge is 0.425 e. The number of hydrogen-bond donors (Lipinski definition) is 0. The van der Waals surface area contributed by atoms with Crippen LogP contribution < -0.4 is 4.90 Å². The normalized spacial score (nSPS) is 11.7. The second-order valence-electron chi connectivity index (χ2n) is 8.57. The molecule has 30 heavy (non-hydrogen) atoms. The van der Waals surface area contributed by atoms with Crippen molar-refractivity contribution in [3.8, 4) is 11.3 Å². The lowest BCUT2D eigenvalue weighted by atomic mass is 10.2. The van der Waals surface area contributed by atoms with E-state index in [1.165, 1.54) is 18.5 Å². The molecule has 8 nitrogen and oxygen atoms in total. The fourth-order valence-electron chi connectivity index (χ4n) is 2.40. The first-order valence-electron chi connectivity index (χ1n) is 9.53. The number of pyridine rings is 1. The van der Waals surface area contributed by atoms with E-state index >= 15 is 0 Å². The fourth-order valence-corrected chi connectivity index (χ4v) is 2.40. The van der Waals surface area contributed by atoms with Gasteiger partial charge < -0.3 is 9.47 Å². The van der Waals surface area contributed by atoms with Gasteiger partial charge in [-0.25, -0.2) is 23.9 Å². The molecule has 2 rings (SSSR count). The maximum Gasteiger partial charge on any atom is 0.425 e. The summed E-state index contributed by atoms with van der Waals surface area (Å²) in [6.07, 6.45) is 2.36. The number of amides is 2. The van der Waals surface area contributed by atoms with Gasteiger partial charge in [-0.15, -0.1) is 0 Å². The van der Waals surface area contributed by atoms with Gasteiger partial charge in [-0.05, 0) is 54.0 Å². The Morgan fingerprint density at radius 3 is 2.03 bits per heavy atom. The minimum absolute atomic E-state index is 0.00545. The lowest BCUT2D eigenvalue weighted by Crippen LogP contribution is -2.44. The van der Waals surface area contributed by atoms with Crippen LogP contribution in [-0.2, 0) is 15.9 Å². The number of halogens is 1. The summed E-state index contributed by atoms with van der Waals surface area (Å²) in [7, 11) is 0. The molecule has 2 heterocycles. The van der Waals surface area contributed by atoms with E-state index in [1.807, 2.05) is 0 Å². The van der Waals surface area contributed by atoms with Crippen LogP contribution in [0.3, 0.4) is 0 Å². The summed E-state index contributed by atoms with van der Waals surface area (Å²) < 4.78 is 24.3. The Kier molecular flexibility index (Phi) is 6.74. The third-order valence-electron chi connectivity index (χ3n) is 3.52. The summed E-state index contributed by atoms with van der Waals surface area (Å²) in [5.41, 5.74) is -0.566. The van der Waals surface area contributed by atoms with E-state index in [0.717, 1.165) is 11.1 Å². The largest absolute Gasteiger partial charge is 0.443 e. The van der Waals surface area contributed by atoms with Crippen LogP contribution in [0, 0.1) is 5.82 Å². The van der Waals surface area contributed by atoms with Gasteiger partial charge in [-0.2, -0.15) is 4.90 Å². The predicted molar refractivity (Wildman–Crippen MR) is 110 cm³/mol. The highest BCUT2D eigenvalue weighted by molar-refractivity contribution is 6.09. The van der Waals surface area contributed by atoms with E-state index in [4.69, 9.17) is 9.47 Å². The Balaban J connectivity index is 2.53. The van der Waals surface area contributed by atoms with E-state index < -0.39 is 29.2 Å². The lowest BCUT2D eigenvalue weighted by molar-refractivity contribution is 0.0428. The molecule has 2 aromatic heterocycles. The van der Waals surface area contributed by atoms with E-state index in [2.05, 4.69) is 15.0 Å². The monoisotopic (exact) mass is 418 g/mol. The molecule has 0 N–H and O–H groups in total. The molecular weight excluding hydrogens is 391 g/mol. The van der Waals surface area contributed by atoms with Gasteiger partial charge in [-0.1, -0.05) is 6.92 Å². The molecule has 0 unspecified atom stereocenters. The molecule has 162 valence electrons. The number of hydrogen-bond acceptors (Lipinski definition) is 7. The maximum atomic E-state index is 13.5. The molecule has 0 saturated heterocycles. The minimum atomic E-state index is -0.930. The average molecular weight is 418 g/mol. The van der Waals surface area contributed by atoms with Crippen molar-refractivity contribution in [2.24, 2.45) is 0 Å². The zero-order valence-corrected chi connectivity index (χ0v) is 18.3. The van der Waals surface area contributed by atoms with E-state index in [1.54, 1.807) is 48.5 Å². The highest BCUT2D eigenvalue weighted by Crippen LogP contribution is 2.26. The van der Waals surface area contributed by atoms with Gasteiger partial charge in [0.15, 0.2) is 5.82 Å². The van der Waals surface area contributed by atoms with Crippen LogP contribution in [0.1, 0.15) is 54.2 Å². The molecule has 0 saturated carbocycles. The number of rotatable bonds is 3. The molecular formula is C21H27FN4O4. The number of ether oxygens (including phenoxy) is 2. The quantitative estimate of drug-likeness (QED) is 0.698. The van der Waals surface area contributed by atoms with Crippen LogP contribution in [0.25, 0.3) is 11.3 Å². The third-order valence-corrected chi connectivity index (χ3v) is 3.52. The number of aryl methyl sites for hydroxylation is 1. The van der Waals surface area contributed by atoms with Crippen LogP contribution >= 0.6 is 0 Å². The minimum Gasteiger partial charge on any atom is -0.443 e. The first-order chi connectivity index (χ1) is 13.8. The second-order valence-corrected chi connectivity index (χ2v) is 8.57. The van der Waals surface area contributed by atoms with E-state index in [-0.39, 0.29) is 5.82 Å². The van der Waals surface area contributed by atoms with Crippen molar-refractivity contribution in [1.82, 2.24) is 15.0 Å². The Morgan fingerprint density at radius 1 is 1.00 bits per heavy atom. The van der Waals surface area contributed by atoms with Crippen LogP contribution in [0.5, 0.6) is 0 Å². The first-order valence-corrected chi connectivity index (χ1v) is 9.53. The Morgan fingerprint density at radius 2 is 1.57 bits per heavy atom.